The first-order valence-corrected chi connectivity index (χ1v) is 12.9. The predicted octanol–water partition coefficient (Wildman–Crippen LogP) is 3.36. The molecule has 0 atom stereocenters. The third kappa shape index (κ3) is 6.81. The number of aromatic nitrogens is 3. The number of carbonyl (C=O) groups is 2. The number of hydrogen-bond donors (Lipinski definition) is 1. The maximum absolute atomic E-state index is 13.0. The van der Waals surface area contributed by atoms with Gasteiger partial charge in [-0.1, -0.05) is 31.2 Å². The van der Waals surface area contributed by atoms with Crippen LogP contribution in [0, 0.1) is 0 Å². The summed E-state index contributed by atoms with van der Waals surface area (Å²) < 4.78 is 5.60. The summed E-state index contributed by atoms with van der Waals surface area (Å²) in [5.41, 5.74) is 3.48. The molecule has 9 heteroatoms. The van der Waals surface area contributed by atoms with Gasteiger partial charge in [0, 0.05) is 50.9 Å². The molecule has 1 N–H and O–H groups in total. The number of rotatable bonds is 10. The third-order valence-electron chi connectivity index (χ3n) is 6.34. The number of amides is 2. The zero-order valence-corrected chi connectivity index (χ0v) is 21.5. The normalized spacial score (nSPS) is 13.4. The first kappa shape index (κ1) is 26.1. The van der Waals surface area contributed by atoms with Gasteiger partial charge in [-0.3, -0.25) is 14.6 Å². The number of nitrogens with one attached hydrogen (secondary N) is 1. The van der Waals surface area contributed by atoms with Gasteiger partial charge in [0.15, 0.2) is 11.5 Å². The van der Waals surface area contributed by atoms with Crippen molar-refractivity contribution in [1.29, 1.82) is 0 Å². The van der Waals surface area contributed by atoms with E-state index in [4.69, 9.17) is 4.74 Å². The van der Waals surface area contributed by atoms with Crippen molar-refractivity contribution in [3.05, 3.63) is 66.1 Å². The van der Waals surface area contributed by atoms with Gasteiger partial charge in [-0.05, 0) is 49.1 Å². The topological polar surface area (TPSA) is 101 Å². The molecular weight excluding hydrogens is 468 g/mol. The first-order chi connectivity index (χ1) is 18.1. The average molecular weight is 503 g/mol. The molecule has 1 saturated heterocycles. The zero-order valence-electron chi connectivity index (χ0n) is 21.5. The maximum atomic E-state index is 13.0. The molecule has 1 fully saturated rings. The quantitative estimate of drug-likeness (QED) is 0.454. The summed E-state index contributed by atoms with van der Waals surface area (Å²) in [4.78, 5) is 33.4. The van der Waals surface area contributed by atoms with Gasteiger partial charge in [0.05, 0.1) is 12.8 Å². The molecule has 37 heavy (non-hydrogen) atoms. The predicted molar refractivity (Wildman–Crippen MR) is 143 cm³/mol. The molecule has 0 radical (unpaired) electrons. The van der Waals surface area contributed by atoms with E-state index in [9.17, 15) is 9.59 Å². The van der Waals surface area contributed by atoms with E-state index in [0.717, 1.165) is 34.7 Å². The van der Waals surface area contributed by atoms with Crippen LogP contribution in [0.15, 0.2) is 54.9 Å². The number of anilines is 1. The Labute approximate surface area is 217 Å². The van der Waals surface area contributed by atoms with Crippen molar-refractivity contribution in [1.82, 2.24) is 25.4 Å². The van der Waals surface area contributed by atoms with E-state index in [1.165, 1.54) is 0 Å². The maximum Gasteiger partial charge on any atom is 0.271 e. The van der Waals surface area contributed by atoms with Crippen molar-refractivity contribution in [2.24, 2.45) is 0 Å². The molecule has 0 aliphatic carbocycles. The monoisotopic (exact) mass is 502 g/mol. The van der Waals surface area contributed by atoms with Crippen LogP contribution in [0.5, 0.6) is 5.75 Å². The van der Waals surface area contributed by atoms with Gasteiger partial charge in [0.25, 0.3) is 5.91 Å². The van der Waals surface area contributed by atoms with Gasteiger partial charge < -0.3 is 19.9 Å². The van der Waals surface area contributed by atoms with Gasteiger partial charge in [-0.2, -0.15) is 0 Å². The lowest BCUT2D eigenvalue weighted by Crippen LogP contribution is -2.49. The fraction of sp³-hybridized carbons (Fsp3) is 0.393. The highest BCUT2D eigenvalue weighted by Crippen LogP contribution is 2.27. The highest BCUT2D eigenvalue weighted by molar-refractivity contribution is 5.92. The van der Waals surface area contributed by atoms with E-state index in [-0.39, 0.29) is 11.8 Å². The van der Waals surface area contributed by atoms with Gasteiger partial charge >= 0.3 is 0 Å². The lowest BCUT2D eigenvalue weighted by atomic mass is 9.97. The number of piperazine rings is 1. The Kier molecular flexibility index (Phi) is 9.02. The third-order valence-corrected chi connectivity index (χ3v) is 6.34. The van der Waals surface area contributed by atoms with E-state index in [0.29, 0.717) is 57.9 Å². The molecule has 0 saturated carbocycles. The molecule has 1 aliphatic rings. The molecule has 1 aromatic carbocycles. The van der Waals surface area contributed by atoms with Crippen molar-refractivity contribution < 1.29 is 14.3 Å². The van der Waals surface area contributed by atoms with Crippen LogP contribution < -0.4 is 15.0 Å². The molecule has 3 heterocycles. The average Bonchev–Trinajstić information content (AvgIpc) is 2.95. The molecule has 2 aromatic heterocycles. The fourth-order valence-electron chi connectivity index (χ4n) is 4.36. The van der Waals surface area contributed by atoms with Crippen LogP contribution in [0.2, 0.25) is 0 Å². The number of hydrogen-bond acceptors (Lipinski definition) is 7. The summed E-state index contributed by atoms with van der Waals surface area (Å²) in [6, 6.07) is 13.6. The number of benzene rings is 1. The van der Waals surface area contributed by atoms with E-state index in [2.05, 4.69) is 37.5 Å². The Morgan fingerprint density at radius 1 is 1.00 bits per heavy atom. The Morgan fingerprint density at radius 3 is 2.54 bits per heavy atom. The van der Waals surface area contributed by atoms with Crippen molar-refractivity contribution >= 4 is 17.6 Å². The lowest BCUT2D eigenvalue weighted by Gasteiger charge is -2.35. The minimum absolute atomic E-state index is 0.143. The molecule has 194 valence electrons. The van der Waals surface area contributed by atoms with E-state index >= 15 is 0 Å². The smallest absolute Gasteiger partial charge is 0.271 e. The van der Waals surface area contributed by atoms with Crippen LogP contribution in [0.1, 0.15) is 42.7 Å². The highest BCUT2D eigenvalue weighted by atomic mass is 16.5. The molecule has 9 nitrogen and oxygen atoms in total. The van der Waals surface area contributed by atoms with Crippen LogP contribution in [-0.2, 0) is 11.2 Å². The summed E-state index contributed by atoms with van der Waals surface area (Å²) in [7, 11) is 0. The number of nitrogens with zero attached hydrogens (tertiary/aromatic N) is 5. The highest BCUT2D eigenvalue weighted by Gasteiger charge is 2.22. The number of ether oxygens (including phenoxy) is 1. The second-order valence-corrected chi connectivity index (χ2v) is 8.90. The Balaban J connectivity index is 1.31. The first-order valence-electron chi connectivity index (χ1n) is 12.9. The second-order valence-electron chi connectivity index (χ2n) is 8.90. The van der Waals surface area contributed by atoms with Gasteiger partial charge in [0.2, 0.25) is 5.91 Å². The Hall–Kier alpha value is -4.01. The van der Waals surface area contributed by atoms with E-state index < -0.39 is 0 Å². The van der Waals surface area contributed by atoms with Crippen molar-refractivity contribution in [2.75, 3.05) is 44.2 Å². The molecule has 3 aromatic rings. The SMILES string of the molecule is CCCNC(=O)c1ccc(N2CCN(C(=O)CCc3ccccc3-c3cncc(OCC)c3)CC2)nn1. The van der Waals surface area contributed by atoms with Crippen LogP contribution in [0.3, 0.4) is 0 Å². The second kappa shape index (κ2) is 12.8. The van der Waals surface area contributed by atoms with Crippen molar-refractivity contribution in [2.45, 2.75) is 33.1 Å². The molecule has 4 rings (SSSR count). The number of aryl methyl sites for hydroxylation is 1. The Bertz CT molecular complexity index is 1190. The van der Waals surface area contributed by atoms with Crippen molar-refractivity contribution in [3.63, 3.8) is 0 Å². The summed E-state index contributed by atoms with van der Waals surface area (Å²) in [5, 5.41) is 11.1. The molecule has 0 spiro atoms. The molecule has 0 bridgehead atoms. The fourth-order valence-corrected chi connectivity index (χ4v) is 4.36. The minimum Gasteiger partial charge on any atom is -0.492 e. The van der Waals surface area contributed by atoms with Gasteiger partial charge in [-0.15, -0.1) is 10.2 Å². The largest absolute Gasteiger partial charge is 0.492 e. The van der Waals surface area contributed by atoms with Crippen LogP contribution in [-0.4, -0.2) is 71.2 Å². The van der Waals surface area contributed by atoms with E-state index in [1.807, 2.05) is 49.2 Å². The zero-order chi connectivity index (χ0) is 26.0. The summed E-state index contributed by atoms with van der Waals surface area (Å²) in [5.74, 6) is 1.39. The molecule has 0 unspecified atom stereocenters. The van der Waals surface area contributed by atoms with Crippen LogP contribution in [0.4, 0.5) is 5.82 Å². The number of carbonyl (C=O) groups excluding carboxylic acids is 2. The summed E-state index contributed by atoms with van der Waals surface area (Å²) in [6.45, 7) is 7.75. The minimum atomic E-state index is -0.212. The molecule has 2 amide bonds. The standard InChI is InChI=1S/C28H34N6O3/c1-3-13-30-28(36)25-10-11-26(32-31-25)33-14-16-34(17-15-33)27(35)12-9-21-7-5-6-8-24(21)22-18-23(37-4-2)20-29-19-22/h5-8,10-11,18-20H,3-4,9,12-17H2,1-2H3,(H,30,36). The molecular formula is C28H34N6O3. The Morgan fingerprint density at radius 2 is 1.81 bits per heavy atom. The van der Waals surface area contributed by atoms with Gasteiger partial charge in [0.1, 0.15) is 5.75 Å². The summed E-state index contributed by atoms with van der Waals surface area (Å²) in [6.07, 6.45) is 5.50. The molecule has 1 aliphatic heterocycles. The van der Waals surface area contributed by atoms with Gasteiger partial charge in [-0.25, -0.2) is 0 Å². The van der Waals surface area contributed by atoms with Crippen LogP contribution in [0.25, 0.3) is 11.1 Å². The number of pyridine rings is 1. The van der Waals surface area contributed by atoms with E-state index in [1.54, 1.807) is 12.3 Å². The van der Waals surface area contributed by atoms with Crippen molar-refractivity contribution in [3.8, 4) is 16.9 Å². The summed E-state index contributed by atoms with van der Waals surface area (Å²) >= 11 is 0. The lowest BCUT2D eigenvalue weighted by molar-refractivity contribution is -0.131. The van der Waals surface area contributed by atoms with Crippen LogP contribution >= 0.6 is 0 Å².